The first-order valence-electron chi connectivity index (χ1n) is 12.2. The highest BCUT2D eigenvalue weighted by Crippen LogP contribution is 2.65. The van der Waals surface area contributed by atoms with E-state index in [0.717, 1.165) is 44.9 Å². The number of esters is 1. The van der Waals surface area contributed by atoms with E-state index in [9.17, 15) is 18.0 Å². The molecule has 0 spiro atoms. The molecule has 0 bridgehead atoms. The molecule has 4 aliphatic carbocycles. The summed E-state index contributed by atoms with van der Waals surface area (Å²) in [6.45, 7) is 4.63. The van der Waals surface area contributed by atoms with Gasteiger partial charge in [-0.25, -0.2) is 18.4 Å². The number of carbonyl (C=O) groups is 2. The highest BCUT2D eigenvalue weighted by atomic mass is 35.5. The summed E-state index contributed by atoms with van der Waals surface area (Å²) < 4.78 is 29.2. The SMILES string of the molecule is C[C@]12CCC(=O)C=C1CCC1C2CC[C@@]2(C)C1CC[C@@H]2OC(=O)c1ccc(S(N)(=O)=O)cc1Cl. The Labute approximate surface area is 206 Å². The van der Waals surface area contributed by atoms with Crippen molar-refractivity contribution in [3.8, 4) is 0 Å². The van der Waals surface area contributed by atoms with E-state index in [1.54, 1.807) is 0 Å². The average Bonchev–Trinajstić information content (AvgIpc) is 3.09. The molecule has 3 unspecified atom stereocenters. The lowest BCUT2D eigenvalue weighted by molar-refractivity contribution is -0.118. The van der Waals surface area contributed by atoms with Crippen LogP contribution in [0.25, 0.3) is 0 Å². The van der Waals surface area contributed by atoms with E-state index in [4.69, 9.17) is 21.5 Å². The predicted octanol–water partition coefficient (Wildman–Crippen LogP) is 5.04. The summed E-state index contributed by atoms with van der Waals surface area (Å²) >= 11 is 6.22. The van der Waals surface area contributed by atoms with Crippen LogP contribution in [-0.4, -0.2) is 26.3 Å². The zero-order chi connectivity index (χ0) is 24.5. The van der Waals surface area contributed by atoms with Crippen LogP contribution >= 0.6 is 11.6 Å². The molecule has 6 nitrogen and oxygen atoms in total. The number of rotatable bonds is 3. The first kappa shape index (κ1) is 24.0. The Kier molecular flexibility index (Phi) is 5.77. The summed E-state index contributed by atoms with van der Waals surface area (Å²) in [7, 11) is -3.90. The minimum Gasteiger partial charge on any atom is -0.458 e. The van der Waals surface area contributed by atoms with Crippen LogP contribution in [0, 0.1) is 28.6 Å². The minimum atomic E-state index is -3.90. The molecule has 3 saturated carbocycles. The second-order valence-corrected chi connectivity index (χ2v) is 13.1. The Morgan fingerprint density at radius 2 is 1.85 bits per heavy atom. The van der Waals surface area contributed by atoms with E-state index in [-0.39, 0.29) is 38.2 Å². The number of nitrogens with two attached hydrogens (primary N) is 1. The molecule has 184 valence electrons. The van der Waals surface area contributed by atoms with Gasteiger partial charge < -0.3 is 4.74 Å². The van der Waals surface area contributed by atoms with Crippen molar-refractivity contribution < 1.29 is 22.7 Å². The molecule has 4 aliphatic rings. The Balaban J connectivity index is 1.35. The van der Waals surface area contributed by atoms with E-state index in [1.165, 1.54) is 23.8 Å². The number of primary sulfonamides is 1. The molecule has 3 fully saturated rings. The van der Waals surface area contributed by atoms with Gasteiger partial charge in [0.05, 0.1) is 15.5 Å². The number of hydrogen-bond acceptors (Lipinski definition) is 5. The number of ether oxygens (including phenoxy) is 1. The van der Waals surface area contributed by atoms with Crippen molar-refractivity contribution in [3.05, 3.63) is 40.4 Å². The van der Waals surface area contributed by atoms with E-state index < -0.39 is 16.0 Å². The molecule has 1 aromatic rings. The number of ketones is 1. The van der Waals surface area contributed by atoms with Crippen molar-refractivity contribution in [2.24, 2.45) is 33.7 Å². The fourth-order valence-electron chi connectivity index (χ4n) is 7.74. The molecule has 0 heterocycles. The Bertz CT molecular complexity index is 1190. The predicted molar refractivity (Wildman–Crippen MR) is 129 cm³/mol. The van der Waals surface area contributed by atoms with E-state index in [1.807, 2.05) is 6.08 Å². The number of carbonyl (C=O) groups excluding carboxylic acids is 2. The first-order chi connectivity index (χ1) is 15.9. The smallest absolute Gasteiger partial charge is 0.339 e. The quantitative estimate of drug-likeness (QED) is 0.579. The van der Waals surface area contributed by atoms with Crippen LogP contribution in [0.5, 0.6) is 0 Å². The highest BCUT2D eigenvalue weighted by molar-refractivity contribution is 7.89. The summed E-state index contributed by atoms with van der Waals surface area (Å²) in [4.78, 5) is 24.9. The normalized spacial score (nSPS) is 37.3. The molecule has 0 aromatic heterocycles. The standard InChI is InChI=1S/C26H32ClNO5S/c1-25-11-9-16(29)13-15(25)3-5-18-20-7-8-23(26(20,2)12-10-21(18)25)33-24(30)19-6-4-17(14-22(19)27)34(28,31)32/h4,6,13-14,18,20-21,23H,3,5,7-12H2,1-2H3,(H2,28,31,32)/t18?,20?,21?,23-,25-,26-/m0/s1. The van der Waals surface area contributed by atoms with Gasteiger partial charge in [0.15, 0.2) is 5.78 Å². The molecule has 1 aromatic carbocycles. The summed E-state index contributed by atoms with van der Waals surface area (Å²) in [5.74, 6) is 1.39. The van der Waals surface area contributed by atoms with Crippen LogP contribution in [-0.2, 0) is 19.6 Å². The molecule has 8 heteroatoms. The number of hydrogen-bond donors (Lipinski definition) is 1. The lowest BCUT2D eigenvalue weighted by atomic mass is 9.47. The lowest BCUT2D eigenvalue weighted by Gasteiger charge is -2.57. The molecule has 0 amide bonds. The Morgan fingerprint density at radius 1 is 1.09 bits per heavy atom. The molecule has 0 saturated heterocycles. The maximum absolute atomic E-state index is 13.0. The van der Waals surface area contributed by atoms with Crippen molar-refractivity contribution in [3.63, 3.8) is 0 Å². The minimum absolute atomic E-state index is 0.0197. The van der Waals surface area contributed by atoms with Crippen molar-refractivity contribution >= 4 is 33.4 Å². The molecule has 34 heavy (non-hydrogen) atoms. The van der Waals surface area contributed by atoms with Crippen LogP contribution in [0.4, 0.5) is 0 Å². The number of fused-ring (bicyclic) bond motifs is 5. The van der Waals surface area contributed by atoms with Crippen LogP contribution in [0.2, 0.25) is 5.02 Å². The van der Waals surface area contributed by atoms with E-state index in [2.05, 4.69) is 13.8 Å². The van der Waals surface area contributed by atoms with Gasteiger partial charge in [0.2, 0.25) is 10.0 Å². The third-order valence-electron chi connectivity index (χ3n) is 9.61. The molecular formula is C26H32ClNO5S. The molecular weight excluding hydrogens is 474 g/mol. The van der Waals surface area contributed by atoms with Crippen LogP contribution in [0.15, 0.2) is 34.7 Å². The van der Waals surface area contributed by atoms with Gasteiger partial charge in [0.1, 0.15) is 6.10 Å². The van der Waals surface area contributed by atoms with Gasteiger partial charge in [-0.1, -0.05) is 31.0 Å². The van der Waals surface area contributed by atoms with E-state index >= 15 is 0 Å². The number of sulfonamides is 1. The molecule has 6 atom stereocenters. The van der Waals surface area contributed by atoms with Crippen LogP contribution < -0.4 is 5.14 Å². The molecule has 0 aliphatic heterocycles. The zero-order valence-electron chi connectivity index (χ0n) is 19.7. The van der Waals surface area contributed by atoms with Crippen molar-refractivity contribution in [2.45, 2.75) is 76.2 Å². The highest BCUT2D eigenvalue weighted by Gasteiger charge is 2.60. The van der Waals surface area contributed by atoms with Gasteiger partial charge in [-0.2, -0.15) is 0 Å². The van der Waals surface area contributed by atoms with Gasteiger partial charge >= 0.3 is 5.97 Å². The van der Waals surface area contributed by atoms with Crippen molar-refractivity contribution in [2.75, 3.05) is 0 Å². The van der Waals surface area contributed by atoms with Crippen molar-refractivity contribution in [1.82, 2.24) is 0 Å². The topological polar surface area (TPSA) is 104 Å². The zero-order valence-corrected chi connectivity index (χ0v) is 21.3. The average molecular weight is 506 g/mol. The molecule has 2 N–H and O–H groups in total. The fraction of sp³-hybridized carbons (Fsp3) is 0.615. The number of benzene rings is 1. The van der Waals surface area contributed by atoms with Crippen molar-refractivity contribution in [1.29, 1.82) is 0 Å². The summed E-state index contributed by atoms with van der Waals surface area (Å²) in [5, 5.41) is 5.18. The fourth-order valence-corrected chi connectivity index (χ4v) is 8.60. The third-order valence-corrected chi connectivity index (χ3v) is 10.8. The summed E-state index contributed by atoms with van der Waals surface area (Å²) in [6.07, 6.45) is 9.35. The molecule has 5 rings (SSSR count). The van der Waals surface area contributed by atoms with Gasteiger partial charge in [-0.3, -0.25) is 4.79 Å². The van der Waals surface area contributed by atoms with Crippen LogP contribution in [0.1, 0.15) is 75.6 Å². The Hall–Kier alpha value is -1.70. The summed E-state index contributed by atoms with van der Waals surface area (Å²) in [6, 6.07) is 3.85. The number of halogens is 1. The largest absolute Gasteiger partial charge is 0.458 e. The van der Waals surface area contributed by atoms with Crippen LogP contribution in [0.3, 0.4) is 0 Å². The van der Waals surface area contributed by atoms with Gasteiger partial charge in [0.25, 0.3) is 0 Å². The van der Waals surface area contributed by atoms with Gasteiger partial charge in [-0.15, -0.1) is 0 Å². The van der Waals surface area contributed by atoms with Gasteiger partial charge in [-0.05, 0) is 92.4 Å². The summed E-state index contributed by atoms with van der Waals surface area (Å²) in [5.41, 5.74) is 1.53. The maximum Gasteiger partial charge on any atom is 0.339 e. The first-order valence-corrected chi connectivity index (χ1v) is 14.1. The molecule has 0 radical (unpaired) electrons. The van der Waals surface area contributed by atoms with E-state index in [0.29, 0.717) is 24.2 Å². The maximum atomic E-state index is 13.0. The second kappa shape index (κ2) is 8.17. The van der Waals surface area contributed by atoms with Gasteiger partial charge in [0, 0.05) is 11.8 Å². The third kappa shape index (κ3) is 3.75. The number of allylic oxidation sites excluding steroid dienone is 1. The second-order valence-electron chi connectivity index (χ2n) is 11.2. The monoisotopic (exact) mass is 505 g/mol. The lowest BCUT2D eigenvalue weighted by Crippen LogP contribution is -2.51. The Morgan fingerprint density at radius 3 is 2.56 bits per heavy atom.